The van der Waals surface area contributed by atoms with Gasteiger partial charge in [-0.3, -0.25) is 0 Å². The number of rotatable bonds is 2. The van der Waals surface area contributed by atoms with Gasteiger partial charge < -0.3 is 0 Å². The molecular formula is C28H20P2. The van der Waals surface area contributed by atoms with Crippen LogP contribution in [0.5, 0.6) is 0 Å². The third-order valence-electron chi connectivity index (χ3n) is 5.93. The molecule has 0 aliphatic heterocycles. The second-order valence-corrected chi connectivity index (χ2v) is 9.72. The molecule has 6 rings (SSSR count). The van der Waals surface area contributed by atoms with Gasteiger partial charge in [0.2, 0.25) is 0 Å². The molecule has 0 nitrogen and oxygen atoms in total. The zero-order chi connectivity index (χ0) is 20.1. The fraction of sp³-hybridized carbons (Fsp3) is 0. The smallest absolute Gasteiger partial charge is 0.00275 e. The quantitative estimate of drug-likeness (QED) is 0.173. The minimum absolute atomic E-state index is 0.608. The maximum atomic E-state index is 2.92. The standard InChI is InChI=1S/C28H20P2/c29-24-11-3-8-18-9-4-13-26(28(18)24)30-25-12-5-10-19-14-15-22-16-20-6-1-2-7-21(20)17-23(22)27(19)25/h1-17,30H,29H2. The van der Waals surface area contributed by atoms with E-state index in [2.05, 4.69) is 112 Å². The lowest BCUT2D eigenvalue weighted by Crippen LogP contribution is -2.10. The van der Waals surface area contributed by atoms with Crippen LogP contribution in [0.15, 0.2) is 103 Å². The van der Waals surface area contributed by atoms with Gasteiger partial charge in [0, 0.05) is 0 Å². The molecule has 6 aromatic carbocycles. The average Bonchev–Trinajstić information content (AvgIpc) is 2.78. The van der Waals surface area contributed by atoms with Gasteiger partial charge in [-0.1, -0.05) is 99.6 Å². The summed E-state index contributed by atoms with van der Waals surface area (Å²) >= 11 is 0. The van der Waals surface area contributed by atoms with Crippen molar-refractivity contribution in [2.45, 2.75) is 0 Å². The normalized spacial score (nSPS) is 12.0. The van der Waals surface area contributed by atoms with E-state index in [4.69, 9.17) is 0 Å². The molecule has 30 heavy (non-hydrogen) atoms. The lowest BCUT2D eigenvalue weighted by Gasteiger charge is -2.14. The van der Waals surface area contributed by atoms with Crippen LogP contribution < -0.4 is 15.9 Å². The molecule has 0 radical (unpaired) electrons. The topological polar surface area (TPSA) is 0 Å². The van der Waals surface area contributed by atoms with Crippen molar-refractivity contribution in [2.24, 2.45) is 0 Å². The van der Waals surface area contributed by atoms with E-state index >= 15 is 0 Å². The van der Waals surface area contributed by atoms with E-state index in [1.54, 1.807) is 0 Å². The molecule has 0 aliphatic rings. The number of hydrogen-bond acceptors (Lipinski definition) is 0. The molecule has 0 aromatic heterocycles. The van der Waals surface area contributed by atoms with Crippen LogP contribution in [-0.2, 0) is 0 Å². The maximum absolute atomic E-state index is 2.92. The molecule has 0 spiro atoms. The highest BCUT2D eigenvalue weighted by atomic mass is 31.1. The first-order chi connectivity index (χ1) is 14.8. The van der Waals surface area contributed by atoms with Gasteiger partial charge in [0.05, 0.1) is 0 Å². The van der Waals surface area contributed by atoms with Crippen molar-refractivity contribution in [1.29, 1.82) is 0 Å². The summed E-state index contributed by atoms with van der Waals surface area (Å²) in [6.07, 6.45) is 0. The Labute approximate surface area is 179 Å². The summed E-state index contributed by atoms with van der Waals surface area (Å²) < 4.78 is 0. The molecule has 0 bridgehead atoms. The van der Waals surface area contributed by atoms with E-state index in [1.165, 1.54) is 59.0 Å². The third-order valence-corrected chi connectivity index (χ3v) is 7.79. The van der Waals surface area contributed by atoms with E-state index in [-0.39, 0.29) is 0 Å². The molecule has 2 atom stereocenters. The summed E-state index contributed by atoms with van der Waals surface area (Å²) in [5.74, 6) is 0. The molecule has 0 amide bonds. The Kier molecular flexibility index (Phi) is 4.31. The van der Waals surface area contributed by atoms with Crippen LogP contribution in [0.1, 0.15) is 0 Å². The SMILES string of the molecule is Pc1cccc2cccc(Pc3cccc4ccc5cc6ccccc6cc5c34)c12. The molecule has 0 aliphatic carbocycles. The minimum Gasteiger partial charge on any atom is -0.105 e. The molecule has 2 unspecified atom stereocenters. The Balaban J connectivity index is 1.64. The van der Waals surface area contributed by atoms with Crippen molar-refractivity contribution >= 4 is 76.8 Å². The van der Waals surface area contributed by atoms with Crippen LogP contribution in [0.2, 0.25) is 0 Å². The lowest BCUT2D eigenvalue weighted by molar-refractivity contribution is 1.79. The van der Waals surface area contributed by atoms with Gasteiger partial charge in [-0.15, -0.1) is 9.24 Å². The van der Waals surface area contributed by atoms with E-state index in [0.717, 1.165) is 0 Å². The first-order valence-electron chi connectivity index (χ1n) is 10.2. The molecule has 2 heteroatoms. The second kappa shape index (κ2) is 7.17. The van der Waals surface area contributed by atoms with Crippen LogP contribution in [0, 0.1) is 0 Å². The second-order valence-electron chi connectivity index (χ2n) is 7.77. The van der Waals surface area contributed by atoms with Gasteiger partial charge in [0.15, 0.2) is 0 Å². The first kappa shape index (κ1) is 18.0. The number of hydrogen-bond donors (Lipinski definition) is 0. The largest absolute Gasteiger partial charge is 0.105 e. The van der Waals surface area contributed by atoms with Crippen molar-refractivity contribution in [3.05, 3.63) is 103 Å². The number of fused-ring (bicyclic) bond motifs is 5. The summed E-state index contributed by atoms with van der Waals surface area (Å²) in [6, 6.07) is 37.8. The lowest BCUT2D eigenvalue weighted by atomic mass is 9.98. The van der Waals surface area contributed by atoms with Crippen molar-refractivity contribution in [3.63, 3.8) is 0 Å². The number of benzene rings is 6. The van der Waals surface area contributed by atoms with Gasteiger partial charge >= 0.3 is 0 Å². The van der Waals surface area contributed by atoms with Crippen LogP contribution in [0.4, 0.5) is 0 Å². The Morgan fingerprint density at radius 2 is 1.03 bits per heavy atom. The van der Waals surface area contributed by atoms with Crippen LogP contribution >= 0.6 is 17.8 Å². The summed E-state index contributed by atoms with van der Waals surface area (Å²) in [7, 11) is 3.52. The van der Waals surface area contributed by atoms with Gasteiger partial charge in [-0.05, 0) is 71.1 Å². The monoisotopic (exact) mass is 418 g/mol. The van der Waals surface area contributed by atoms with Crippen LogP contribution in [-0.4, -0.2) is 0 Å². The Hall–Kier alpha value is -2.78. The van der Waals surface area contributed by atoms with E-state index in [1.807, 2.05) is 0 Å². The Bertz CT molecular complexity index is 1580. The van der Waals surface area contributed by atoms with Gasteiger partial charge in [-0.25, -0.2) is 0 Å². The molecule has 0 fully saturated rings. The summed E-state index contributed by atoms with van der Waals surface area (Å²) in [6.45, 7) is 0. The summed E-state index contributed by atoms with van der Waals surface area (Å²) in [4.78, 5) is 0. The van der Waals surface area contributed by atoms with E-state index in [0.29, 0.717) is 8.58 Å². The van der Waals surface area contributed by atoms with Crippen molar-refractivity contribution < 1.29 is 0 Å². The molecule has 0 saturated carbocycles. The highest BCUT2D eigenvalue weighted by molar-refractivity contribution is 7.57. The summed E-state index contributed by atoms with van der Waals surface area (Å²) in [5.41, 5.74) is 0. The van der Waals surface area contributed by atoms with Crippen LogP contribution in [0.3, 0.4) is 0 Å². The molecule has 6 aromatic rings. The van der Waals surface area contributed by atoms with Crippen molar-refractivity contribution in [1.82, 2.24) is 0 Å². The maximum Gasteiger partial charge on any atom is -0.00275 e. The van der Waals surface area contributed by atoms with E-state index < -0.39 is 0 Å². The average molecular weight is 418 g/mol. The zero-order valence-corrected chi connectivity index (χ0v) is 18.5. The van der Waals surface area contributed by atoms with Crippen molar-refractivity contribution in [2.75, 3.05) is 0 Å². The van der Waals surface area contributed by atoms with Gasteiger partial charge in [-0.2, -0.15) is 0 Å². The first-order valence-corrected chi connectivity index (χ1v) is 11.7. The van der Waals surface area contributed by atoms with Gasteiger partial charge in [0.25, 0.3) is 0 Å². The highest BCUT2D eigenvalue weighted by Gasteiger charge is 2.10. The van der Waals surface area contributed by atoms with E-state index in [9.17, 15) is 0 Å². The minimum atomic E-state index is 0.608. The molecule has 142 valence electrons. The predicted molar refractivity (Wildman–Crippen MR) is 140 cm³/mol. The molecule has 0 heterocycles. The summed E-state index contributed by atoms with van der Waals surface area (Å²) in [5, 5.41) is 14.7. The fourth-order valence-corrected chi connectivity index (χ4v) is 6.57. The van der Waals surface area contributed by atoms with Crippen LogP contribution in [0.25, 0.3) is 43.1 Å². The third kappa shape index (κ3) is 2.92. The molecule has 0 N–H and O–H groups in total. The Morgan fingerprint density at radius 3 is 1.80 bits per heavy atom. The predicted octanol–water partition coefficient (Wildman–Crippen LogP) is 6.43. The fourth-order valence-electron chi connectivity index (χ4n) is 4.52. The zero-order valence-electron chi connectivity index (χ0n) is 16.4. The highest BCUT2D eigenvalue weighted by Crippen LogP contribution is 2.31. The van der Waals surface area contributed by atoms with Gasteiger partial charge in [0.1, 0.15) is 0 Å². The molecular weight excluding hydrogens is 398 g/mol. The van der Waals surface area contributed by atoms with Crippen molar-refractivity contribution in [3.8, 4) is 0 Å². The molecule has 0 saturated heterocycles. The Morgan fingerprint density at radius 1 is 0.467 bits per heavy atom.